The molecule has 0 aliphatic carbocycles. The van der Waals surface area contributed by atoms with Gasteiger partial charge in [-0.15, -0.1) is 5.10 Å². The largest absolute Gasteiger partial charge is 0.465 e. The van der Waals surface area contributed by atoms with Crippen LogP contribution in [0, 0.1) is 0 Å². The maximum absolute atomic E-state index is 12.8. The van der Waals surface area contributed by atoms with Crippen LogP contribution < -0.4 is 15.9 Å². The van der Waals surface area contributed by atoms with Crippen LogP contribution in [0.25, 0.3) is 11.8 Å². The fourth-order valence-electron chi connectivity index (χ4n) is 3.00. The monoisotopic (exact) mass is 366 g/mol. The van der Waals surface area contributed by atoms with Gasteiger partial charge in [-0.05, 0) is 42.5 Å². The highest BCUT2D eigenvalue weighted by Crippen LogP contribution is 2.25. The standard InChI is InChI=1S/C19H18N4O2S/c1-3-26-19-21-18(24)16-14-8-4-5-9-15(14)20-17(23(16)22-19)12(2)11-13-7-6-10-25-13/h4-11,17H,3H2,1-2H3,(H,21,22,24)/b12-11+/t17-/m0/s1. The first-order valence-corrected chi connectivity index (χ1v) is 9.37. The zero-order valence-electron chi connectivity index (χ0n) is 14.5. The molecule has 1 amide bonds. The predicted octanol–water partition coefficient (Wildman–Crippen LogP) is 1.91. The third-order valence-corrected chi connectivity index (χ3v) is 4.86. The quantitative estimate of drug-likeness (QED) is 0.901. The number of benzene rings is 1. The first-order chi connectivity index (χ1) is 12.7. The van der Waals surface area contributed by atoms with E-state index in [1.807, 2.05) is 56.3 Å². The summed E-state index contributed by atoms with van der Waals surface area (Å²) in [5, 5.41) is 11.4. The van der Waals surface area contributed by atoms with E-state index in [1.54, 1.807) is 11.3 Å². The minimum absolute atomic E-state index is 0.158. The molecule has 2 aliphatic heterocycles. The number of thioether (sulfide) groups is 1. The van der Waals surface area contributed by atoms with Gasteiger partial charge in [0.25, 0.3) is 5.91 Å². The minimum atomic E-state index is -0.400. The number of nitrogens with zero attached hydrogens (tertiary/aromatic N) is 3. The first kappa shape index (κ1) is 16.7. The Hall–Kier alpha value is -2.80. The van der Waals surface area contributed by atoms with Gasteiger partial charge in [0.1, 0.15) is 11.5 Å². The molecule has 6 nitrogen and oxygen atoms in total. The topological polar surface area (TPSA) is 70.2 Å². The first-order valence-electron chi connectivity index (χ1n) is 8.38. The van der Waals surface area contributed by atoms with Crippen LogP contribution in [0.4, 0.5) is 0 Å². The van der Waals surface area contributed by atoms with Gasteiger partial charge < -0.3 is 4.42 Å². The highest BCUT2D eigenvalue weighted by atomic mass is 32.2. The van der Waals surface area contributed by atoms with Crippen LogP contribution in [0.5, 0.6) is 0 Å². The number of carbonyl (C=O) groups excluding carboxylic acids is 1. The number of hydrogen-bond donors (Lipinski definition) is 1. The van der Waals surface area contributed by atoms with E-state index in [0.717, 1.165) is 27.7 Å². The second kappa shape index (κ2) is 6.84. The van der Waals surface area contributed by atoms with Crippen LogP contribution >= 0.6 is 11.8 Å². The summed E-state index contributed by atoms with van der Waals surface area (Å²) in [4.78, 5) is 17.6. The molecule has 132 valence electrons. The van der Waals surface area contributed by atoms with Crippen LogP contribution in [-0.2, 0) is 4.79 Å². The Bertz CT molecular complexity index is 1020. The number of para-hydroxylation sites is 1. The molecule has 1 atom stereocenters. The van der Waals surface area contributed by atoms with Crippen molar-refractivity contribution in [3.63, 3.8) is 0 Å². The molecule has 26 heavy (non-hydrogen) atoms. The van der Waals surface area contributed by atoms with Crippen molar-refractivity contribution < 1.29 is 9.21 Å². The Labute approximate surface area is 155 Å². The van der Waals surface area contributed by atoms with Crippen molar-refractivity contribution in [3.05, 3.63) is 64.6 Å². The molecule has 0 saturated carbocycles. The number of hydrazone groups is 1. The van der Waals surface area contributed by atoms with Crippen molar-refractivity contribution in [3.8, 4) is 0 Å². The second-order valence-corrected chi connectivity index (χ2v) is 7.16. The van der Waals surface area contributed by atoms with E-state index in [4.69, 9.17) is 9.41 Å². The molecule has 0 radical (unpaired) electrons. The van der Waals surface area contributed by atoms with Crippen molar-refractivity contribution in [1.82, 2.24) is 10.3 Å². The highest BCUT2D eigenvalue weighted by molar-refractivity contribution is 8.13. The molecule has 0 spiro atoms. The van der Waals surface area contributed by atoms with Crippen LogP contribution in [0.15, 0.2) is 62.7 Å². The van der Waals surface area contributed by atoms with Gasteiger partial charge in [-0.1, -0.05) is 36.9 Å². The smallest absolute Gasteiger partial charge is 0.276 e. The average molecular weight is 366 g/mol. The van der Waals surface area contributed by atoms with E-state index in [9.17, 15) is 4.79 Å². The number of nitrogens with one attached hydrogen (secondary N) is 1. The summed E-state index contributed by atoms with van der Waals surface area (Å²) < 4.78 is 5.42. The van der Waals surface area contributed by atoms with Crippen molar-refractivity contribution in [2.45, 2.75) is 20.0 Å². The molecule has 0 saturated heterocycles. The van der Waals surface area contributed by atoms with Crippen molar-refractivity contribution in [2.24, 2.45) is 10.1 Å². The Morgan fingerprint density at radius 1 is 1.35 bits per heavy atom. The molecule has 1 aromatic carbocycles. The van der Waals surface area contributed by atoms with E-state index in [0.29, 0.717) is 10.9 Å². The summed E-state index contributed by atoms with van der Waals surface area (Å²) in [5.41, 5.74) is 1.46. The maximum Gasteiger partial charge on any atom is 0.276 e. The number of furan rings is 1. The van der Waals surface area contributed by atoms with Crippen LogP contribution in [0.2, 0.25) is 0 Å². The van der Waals surface area contributed by atoms with Gasteiger partial charge in [0.15, 0.2) is 11.3 Å². The second-order valence-electron chi connectivity index (χ2n) is 5.91. The number of hydrogen-bond acceptors (Lipinski definition) is 6. The summed E-state index contributed by atoms with van der Waals surface area (Å²) in [6.07, 6.45) is 3.16. The zero-order valence-corrected chi connectivity index (χ0v) is 15.3. The summed E-state index contributed by atoms with van der Waals surface area (Å²) in [5.74, 6) is 1.41. The fourth-order valence-corrected chi connectivity index (χ4v) is 3.58. The van der Waals surface area contributed by atoms with Gasteiger partial charge in [-0.25, -0.2) is 5.01 Å². The lowest BCUT2D eigenvalue weighted by atomic mass is 10.1. The third-order valence-electron chi connectivity index (χ3n) is 4.12. The molecule has 3 heterocycles. The Kier molecular flexibility index (Phi) is 4.38. The van der Waals surface area contributed by atoms with E-state index >= 15 is 0 Å². The van der Waals surface area contributed by atoms with Crippen molar-refractivity contribution in [2.75, 3.05) is 5.75 Å². The zero-order chi connectivity index (χ0) is 18.1. The Morgan fingerprint density at radius 3 is 2.96 bits per heavy atom. The lowest BCUT2D eigenvalue weighted by molar-refractivity contribution is -0.116. The maximum atomic E-state index is 12.8. The Morgan fingerprint density at radius 2 is 2.19 bits per heavy atom. The normalized spacial score (nSPS) is 19.3. The highest BCUT2D eigenvalue weighted by Gasteiger charge is 2.34. The minimum Gasteiger partial charge on any atom is -0.465 e. The molecular weight excluding hydrogens is 348 g/mol. The van der Waals surface area contributed by atoms with Gasteiger partial charge in [0.05, 0.1) is 11.6 Å². The van der Waals surface area contributed by atoms with E-state index < -0.39 is 6.17 Å². The summed E-state index contributed by atoms with van der Waals surface area (Å²) in [7, 11) is 0. The van der Waals surface area contributed by atoms with Crippen molar-refractivity contribution >= 4 is 34.6 Å². The third kappa shape index (κ3) is 2.94. The lowest BCUT2D eigenvalue weighted by Crippen LogP contribution is -2.52. The lowest BCUT2D eigenvalue weighted by Gasteiger charge is -2.34. The molecule has 2 aromatic rings. The van der Waals surface area contributed by atoms with Gasteiger partial charge >= 0.3 is 0 Å². The van der Waals surface area contributed by atoms with Crippen LogP contribution in [0.3, 0.4) is 0 Å². The molecule has 0 bridgehead atoms. The number of carbonyl (C=O) groups is 1. The summed E-state index contributed by atoms with van der Waals surface area (Å²) >= 11 is 1.50. The number of amides is 1. The number of fused-ring (bicyclic) bond motifs is 2. The molecule has 0 unspecified atom stereocenters. The predicted molar refractivity (Wildman–Crippen MR) is 102 cm³/mol. The molecule has 0 fully saturated rings. The average Bonchev–Trinajstić information content (AvgIpc) is 3.14. The van der Waals surface area contributed by atoms with Gasteiger partial charge in [-0.3, -0.25) is 15.1 Å². The van der Waals surface area contributed by atoms with Crippen molar-refractivity contribution in [1.29, 1.82) is 0 Å². The Balaban J connectivity index is 1.88. The number of amidine groups is 1. The molecular formula is C19H18N4O2S. The van der Waals surface area contributed by atoms with Gasteiger partial charge in [0.2, 0.25) is 0 Å². The van der Waals surface area contributed by atoms with Crippen LogP contribution in [0.1, 0.15) is 19.6 Å². The molecule has 2 aliphatic rings. The van der Waals surface area contributed by atoms with E-state index in [2.05, 4.69) is 10.4 Å². The fraction of sp³-hybridized carbons (Fsp3) is 0.211. The summed E-state index contributed by atoms with van der Waals surface area (Å²) in [6.45, 7) is 3.99. The molecule has 4 rings (SSSR count). The molecule has 7 heteroatoms. The van der Waals surface area contributed by atoms with Gasteiger partial charge in [0, 0.05) is 5.22 Å². The van der Waals surface area contributed by atoms with E-state index in [1.165, 1.54) is 11.8 Å². The number of rotatable bonds is 3. The van der Waals surface area contributed by atoms with Crippen LogP contribution in [-0.4, -0.2) is 28.0 Å². The SMILES string of the molecule is CCSC1=NN2C(=c3ccccc3=N[C@@H]2/C(C)=C/c2ccco2)C(=O)N1. The van der Waals surface area contributed by atoms with E-state index in [-0.39, 0.29) is 5.91 Å². The molecule has 1 N–H and O–H groups in total. The molecule has 1 aromatic heterocycles. The van der Waals surface area contributed by atoms with Gasteiger partial charge in [-0.2, -0.15) is 0 Å². The summed E-state index contributed by atoms with van der Waals surface area (Å²) in [6, 6.07) is 11.4.